The van der Waals surface area contributed by atoms with Crippen LogP contribution in [-0.4, -0.2) is 145 Å². The lowest BCUT2D eigenvalue weighted by Crippen LogP contribution is -2.50. The van der Waals surface area contributed by atoms with E-state index in [9.17, 15) is 39.6 Å². The van der Waals surface area contributed by atoms with Gasteiger partial charge in [0, 0.05) is 36.9 Å². The minimum absolute atomic E-state index is 0.0747. The minimum atomic E-state index is -1.35. The molecule has 0 spiro atoms. The van der Waals surface area contributed by atoms with Gasteiger partial charge in [-0.05, 0) is 20.8 Å². The van der Waals surface area contributed by atoms with E-state index in [1.54, 1.807) is 0 Å². The summed E-state index contributed by atoms with van der Waals surface area (Å²) in [5.74, 6) is -2.85. The quantitative estimate of drug-likeness (QED) is 0.0693. The van der Waals surface area contributed by atoms with E-state index in [1.807, 2.05) is 0 Å². The minimum Gasteiger partial charge on any atom is -0.460 e. The average molecular weight is 589 g/mol. The van der Waals surface area contributed by atoms with E-state index in [2.05, 4.69) is 19.7 Å². The van der Waals surface area contributed by atoms with Crippen LogP contribution in [0.3, 0.4) is 0 Å². The number of aliphatic hydroxyl groups excluding tert-OH is 4. The first-order valence-electron chi connectivity index (χ1n) is 12.8. The maximum Gasteiger partial charge on any atom is 0.333 e. The number of rotatable bonds is 21. The van der Waals surface area contributed by atoms with Crippen molar-refractivity contribution < 1.29 is 58.6 Å². The molecule has 0 aliphatic rings. The van der Waals surface area contributed by atoms with Crippen LogP contribution in [0.2, 0.25) is 0 Å². The Kier molecular flexibility index (Phi) is 18.3. The van der Waals surface area contributed by atoms with E-state index in [4.69, 9.17) is 18.9 Å². The fraction of sp³-hybridized carbons (Fsp3) is 0.630. The van der Waals surface area contributed by atoms with Gasteiger partial charge in [0.2, 0.25) is 5.91 Å². The third-order valence-electron chi connectivity index (χ3n) is 5.14. The van der Waals surface area contributed by atoms with Gasteiger partial charge in [-0.3, -0.25) is 9.69 Å². The largest absolute Gasteiger partial charge is 0.460 e. The Morgan fingerprint density at radius 1 is 0.610 bits per heavy atom. The van der Waals surface area contributed by atoms with Crippen molar-refractivity contribution >= 4 is 23.8 Å². The summed E-state index contributed by atoms with van der Waals surface area (Å²) in [5, 5.41) is 41.5. The van der Waals surface area contributed by atoms with Gasteiger partial charge >= 0.3 is 17.9 Å². The predicted molar refractivity (Wildman–Crippen MR) is 146 cm³/mol. The summed E-state index contributed by atoms with van der Waals surface area (Å²) in [5.41, 5.74) is 0.352. The number of hydrogen-bond acceptors (Lipinski definition) is 13. The van der Waals surface area contributed by atoms with Gasteiger partial charge in [0.1, 0.15) is 38.1 Å². The van der Waals surface area contributed by atoms with Gasteiger partial charge in [0.05, 0.1) is 32.3 Å². The zero-order chi connectivity index (χ0) is 31.7. The van der Waals surface area contributed by atoms with Gasteiger partial charge in [-0.25, -0.2) is 14.4 Å². The first kappa shape index (κ1) is 37.9. The molecule has 0 aromatic carbocycles. The second-order valence-electron chi connectivity index (χ2n) is 9.70. The number of aliphatic hydroxyl groups is 4. The molecule has 14 nitrogen and oxygen atoms in total. The van der Waals surface area contributed by atoms with E-state index in [0.717, 1.165) is 4.90 Å². The Labute approximate surface area is 240 Å². The topological polar surface area (TPSA) is 193 Å². The zero-order valence-corrected chi connectivity index (χ0v) is 24.2. The lowest BCUT2D eigenvalue weighted by Gasteiger charge is -2.31. The molecule has 0 saturated carbocycles. The maximum absolute atomic E-state index is 13.3. The summed E-state index contributed by atoms with van der Waals surface area (Å²) >= 11 is 0. The molecule has 4 atom stereocenters. The normalized spacial score (nSPS) is 13.9. The molecule has 0 rings (SSSR count). The Hall–Kier alpha value is -3.14. The molecule has 0 bridgehead atoms. The van der Waals surface area contributed by atoms with Crippen molar-refractivity contribution in [1.82, 2.24) is 9.80 Å². The van der Waals surface area contributed by atoms with Gasteiger partial charge in [-0.2, -0.15) is 0 Å². The zero-order valence-electron chi connectivity index (χ0n) is 24.2. The summed E-state index contributed by atoms with van der Waals surface area (Å²) < 4.78 is 19.7. The first-order valence-corrected chi connectivity index (χ1v) is 12.8. The van der Waals surface area contributed by atoms with Crippen molar-refractivity contribution in [1.29, 1.82) is 0 Å². The number of hydrogen-bond donors (Lipinski definition) is 4. The van der Waals surface area contributed by atoms with Gasteiger partial charge < -0.3 is 44.3 Å². The van der Waals surface area contributed by atoms with E-state index in [1.165, 1.54) is 32.8 Å². The maximum atomic E-state index is 13.3. The predicted octanol–water partition coefficient (Wildman–Crippen LogP) is -1.44. The molecule has 0 aromatic heterocycles. The van der Waals surface area contributed by atoms with Crippen LogP contribution in [0.1, 0.15) is 20.8 Å². The highest BCUT2D eigenvalue weighted by Crippen LogP contribution is 2.06. The molecule has 0 heterocycles. The van der Waals surface area contributed by atoms with Gasteiger partial charge in [-0.15, -0.1) is 0 Å². The smallest absolute Gasteiger partial charge is 0.333 e. The molecule has 1 amide bonds. The Balaban J connectivity index is 5.64. The molecule has 0 aliphatic carbocycles. The fourth-order valence-corrected chi connectivity index (χ4v) is 3.17. The van der Waals surface area contributed by atoms with Crippen LogP contribution in [0.4, 0.5) is 0 Å². The summed E-state index contributed by atoms with van der Waals surface area (Å²) in [6.07, 6.45) is -5.00. The van der Waals surface area contributed by atoms with Crippen LogP contribution in [0.15, 0.2) is 36.5 Å². The highest BCUT2D eigenvalue weighted by atomic mass is 16.6. The van der Waals surface area contributed by atoms with Crippen LogP contribution in [0.5, 0.6) is 0 Å². The molecule has 4 N–H and O–H groups in total. The second-order valence-corrected chi connectivity index (χ2v) is 9.70. The lowest BCUT2D eigenvalue weighted by atomic mass is 10.2. The SMILES string of the molecule is C=C(C)C(=O)OCC(O)CN(CC(=O)N(CC(O)COC(=O)C(=C)C)CC(O)COC(=O)C(=C)C)CC(O)COC. The number of amides is 1. The third kappa shape index (κ3) is 17.3. The van der Waals surface area contributed by atoms with Crippen molar-refractivity contribution in [2.75, 3.05) is 66.3 Å². The van der Waals surface area contributed by atoms with Gasteiger partial charge in [0.15, 0.2) is 0 Å². The summed E-state index contributed by atoms with van der Waals surface area (Å²) in [6, 6.07) is 0. The van der Waals surface area contributed by atoms with Crippen LogP contribution >= 0.6 is 0 Å². The molecule has 0 saturated heterocycles. The molecule has 14 heteroatoms. The van der Waals surface area contributed by atoms with Crippen LogP contribution in [-0.2, 0) is 38.1 Å². The van der Waals surface area contributed by atoms with Gasteiger partial charge in [0.25, 0.3) is 0 Å². The van der Waals surface area contributed by atoms with Crippen LogP contribution < -0.4 is 0 Å². The first-order chi connectivity index (χ1) is 19.1. The summed E-state index contributed by atoms with van der Waals surface area (Å²) in [4.78, 5) is 50.8. The van der Waals surface area contributed by atoms with E-state index in [-0.39, 0.29) is 49.5 Å². The molecule has 234 valence electrons. The monoisotopic (exact) mass is 588 g/mol. The average Bonchev–Trinajstić information content (AvgIpc) is 2.88. The van der Waals surface area contributed by atoms with Crippen LogP contribution in [0.25, 0.3) is 0 Å². The fourth-order valence-electron chi connectivity index (χ4n) is 3.17. The Morgan fingerprint density at radius 3 is 1.24 bits per heavy atom. The van der Waals surface area contributed by atoms with E-state index >= 15 is 0 Å². The van der Waals surface area contributed by atoms with Gasteiger partial charge in [-0.1, -0.05) is 19.7 Å². The standard InChI is InChI=1S/C27H44N2O12/c1-17(2)25(35)39-14-21(31)9-28(8-20(30)13-38-7)12-24(34)29(10-22(32)15-40-26(36)18(3)4)11-23(33)16-41-27(37)19(5)6/h20-23,30-33H,1,3,5,8-16H2,2,4,6-7H3. The van der Waals surface area contributed by atoms with Crippen molar-refractivity contribution in [3.63, 3.8) is 0 Å². The molecule has 41 heavy (non-hydrogen) atoms. The number of nitrogens with zero attached hydrogens (tertiary/aromatic N) is 2. The molecule has 4 unspecified atom stereocenters. The highest BCUT2D eigenvalue weighted by molar-refractivity contribution is 5.87. The van der Waals surface area contributed by atoms with Crippen molar-refractivity contribution in [3.8, 4) is 0 Å². The highest BCUT2D eigenvalue weighted by Gasteiger charge is 2.26. The number of carbonyl (C=O) groups is 4. The molecular weight excluding hydrogens is 544 g/mol. The Morgan fingerprint density at radius 2 is 0.927 bits per heavy atom. The molecule has 0 fully saturated rings. The van der Waals surface area contributed by atoms with E-state index < -0.39 is 74.6 Å². The molecular formula is C27H44N2O12. The third-order valence-corrected chi connectivity index (χ3v) is 5.14. The molecule has 0 aliphatic heterocycles. The van der Waals surface area contributed by atoms with Crippen LogP contribution in [0, 0.1) is 0 Å². The summed E-state index contributed by atoms with van der Waals surface area (Å²) in [6.45, 7) is 11.7. The number of methoxy groups -OCH3 is 1. The molecule has 0 radical (unpaired) electrons. The number of esters is 3. The number of carbonyl (C=O) groups excluding carboxylic acids is 4. The van der Waals surface area contributed by atoms with E-state index in [0.29, 0.717) is 0 Å². The Bertz CT molecular complexity index is 884. The van der Waals surface area contributed by atoms with Crippen molar-refractivity contribution in [3.05, 3.63) is 36.5 Å². The second kappa shape index (κ2) is 19.9. The number of ether oxygens (including phenoxy) is 4. The van der Waals surface area contributed by atoms with Crippen molar-refractivity contribution in [2.24, 2.45) is 0 Å². The molecule has 0 aromatic rings. The lowest BCUT2D eigenvalue weighted by molar-refractivity contribution is -0.146. The summed E-state index contributed by atoms with van der Waals surface area (Å²) in [7, 11) is 1.37. The van der Waals surface area contributed by atoms with Crippen molar-refractivity contribution in [2.45, 2.75) is 45.2 Å².